The van der Waals surface area contributed by atoms with Crippen molar-refractivity contribution in [1.29, 1.82) is 0 Å². The Morgan fingerprint density at radius 3 is 2.40 bits per heavy atom. The van der Waals surface area contributed by atoms with Crippen molar-refractivity contribution in [1.82, 2.24) is 20.4 Å². The van der Waals surface area contributed by atoms with Gasteiger partial charge >= 0.3 is 5.97 Å². The summed E-state index contributed by atoms with van der Waals surface area (Å²) in [4.78, 5) is 37.8. The van der Waals surface area contributed by atoms with Crippen LogP contribution in [0.3, 0.4) is 0 Å². The van der Waals surface area contributed by atoms with Crippen molar-refractivity contribution in [2.45, 2.75) is 58.7 Å². The molecule has 160 valence electrons. The Bertz CT molecular complexity index is 972. The predicted molar refractivity (Wildman–Crippen MR) is 111 cm³/mol. The van der Waals surface area contributed by atoms with Crippen LogP contribution in [-0.2, 0) is 24.2 Å². The quantitative estimate of drug-likeness (QED) is 0.735. The maximum atomic E-state index is 12.9. The lowest BCUT2D eigenvalue weighted by Gasteiger charge is -2.21. The predicted octanol–water partition coefficient (Wildman–Crippen LogP) is 2.46. The molecule has 1 aromatic carbocycles. The van der Waals surface area contributed by atoms with Crippen molar-refractivity contribution >= 4 is 17.8 Å². The SMILES string of the molecule is COC(=O)c1c(CNC(=O)c2ccccc2C(=O)NC(C)(C)C)nn2c1CCCC2. The van der Waals surface area contributed by atoms with Gasteiger partial charge in [0.25, 0.3) is 11.8 Å². The fourth-order valence-corrected chi connectivity index (χ4v) is 3.55. The molecule has 1 aromatic heterocycles. The van der Waals surface area contributed by atoms with E-state index in [4.69, 9.17) is 4.74 Å². The Balaban J connectivity index is 1.81. The number of methoxy groups -OCH3 is 1. The second-order valence-corrected chi connectivity index (χ2v) is 8.37. The number of nitrogens with one attached hydrogen (secondary N) is 2. The van der Waals surface area contributed by atoms with Gasteiger partial charge in [-0.15, -0.1) is 0 Å². The van der Waals surface area contributed by atoms with E-state index in [0.29, 0.717) is 16.8 Å². The molecule has 2 amide bonds. The summed E-state index contributed by atoms with van der Waals surface area (Å²) in [5.74, 6) is -1.18. The van der Waals surface area contributed by atoms with Crippen molar-refractivity contribution in [3.8, 4) is 0 Å². The molecule has 2 aromatic rings. The van der Waals surface area contributed by atoms with E-state index < -0.39 is 17.4 Å². The number of esters is 1. The lowest BCUT2D eigenvalue weighted by atomic mass is 10.0. The summed E-state index contributed by atoms with van der Waals surface area (Å²) in [7, 11) is 1.33. The van der Waals surface area contributed by atoms with Crippen LogP contribution in [0.5, 0.6) is 0 Å². The average Bonchev–Trinajstić information content (AvgIpc) is 3.08. The second kappa shape index (κ2) is 8.69. The molecule has 1 aliphatic rings. The molecule has 0 spiro atoms. The fourth-order valence-electron chi connectivity index (χ4n) is 3.55. The molecule has 0 radical (unpaired) electrons. The first-order valence-electron chi connectivity index (χ1n) is 10.1. The van der Waals surface area contributed by atoms with E-state index in [1.165, 1.54) is 7.11 Å². The minimum Gasteiger partial charge on any atom is -0.465 e. The highest BCUT2D eigenvalue weighted by atomic mass is 16.5. The molecule has 0 atom stereocenters. The summed E-state index contributed by atoms with van der Waals surface area (Å²) >= 11 is 0. The van der Waals surface area contributed by atoms with Gasteiger partial charge < -0.3 is 15.4 Å². The van der Waals surface area contributed by atoms with E-state index >= 15 is 0 Å². The molecule has 0 saturated carbocycles. The standard InChI is InChI=1S/C22H28N4O4/c1-22(2,3)24-20(28)15-10-6-5-9-14(15)19(27)23-13-16-18(21(29)30-4)17-11-7-8-12-26(17)25-16/h5-6,9-10H,7-8,11-13H2,1-4H3,(H,23,27)(H,24,28). The third kappa shape index (κ3) is 4.69. The van der Waals surface area contributed by atoms with Crippen molar-refractivity contribution in [3.63, 3.8) is 0 Å². The Labute approximate surface area is 176 Å². The molecule has 0 saturated heterocycles. The largest absolute Gasteiger partial charge is 0.465 e. The van der Waals surface area contributed by atoms with Gasteiger partial charge in [0.1, 0.15) is 5.56 Å². The minimum atomic E-state index is -0.452. The summed E-state index contributed by atoms with van der Waals surface area (Å²) in [5.41, 5.74) is 1.89. The molecule has 2 N–H and O–H groups in total. The van der Waals surface area contributed by atoms with Gasteiger partial charge in [-0.1, -0.05) is 12.1 Å². The van der Waals surface area contributed by atoms with E-state index in [-0.39, 0.29) is 18.0 Å². The summed E-state index contributed by atoms with van der Waals surface area (Å²) < 4.78 is 6.75. The molecule has 2 heterocycles. The third-order valence-electron chi connectivity index (χ3n) is 4.87. The number of fused-ring (bicyclic) bond motifs is 1. The van der Waals surface area contributed by atoms with E-state index in [9.17, 15) is 14.4 Å². The Morgan fingerprint density at radius 2 is 1.77 bits per heavy atom. The molecule has 3 rings (SSSR count). The molecule has 8 nitrogen and oxygen atoms in total. The van der Waals surface area contributed by atoms with Gasteiger partial charge in [0.05, 0.1) is 36.2 Å². The van der Waals surface area contributed by atoms with Gasteiger partial charge in [0.15, 0.2) is 0 Å². The van der Waals surface area contributed by atoms with Crippen LogP contribution in [0, 0.1) is 0 Å². The van der Waals surface area contributed by atoms with Gasteiger partial charge in [-0.3, -0.25) is 14.3 Å². The highest BCUT2D eigenvalue weighted by molar-refractivity contribution is 6.07. The summed E-state index contributed by atoms with van der Waals surface area (Å²) in [6.45, 7) is 6.44. The second-order valence-electron chi connectivity index (χ2n) is 8.37. The van der Waals surface area contributed by atoms with E-state index in [2.05, 4.69) is 15.7 Å². The topological polar surface area (TPSA) is 102 Å². The van der Waals surface area contributed by atoms with Crippen LogP contribution >= 0.6 is 0 Å². The molecule has 0 fully saturated rings. The highest BCUT2D eigenvalue weighted by Gasteiger charge is 2.27. The maximum absolute atomic E-state index is 12.9. The number of carbonyl (C=O) groups excluding carboxylic acids is 3. The number of amides is 2. The van der Waals surface area contributed by atoms with Crippen LogP contribution in [0.25, 0.3) is 0 Å². The first-order valence-corrected chi connectivity index (χ1v) is 10.1. The third-order valence-corrected chi connectivity index (χ3v) is 4.87. The maximum Gasteiger partial charge on any atom is 0.341 e. The lowest BCUT2D eigenvalue weighted by Crippen LogP contribution is -2.41. The van der Waals surface area contributed by atoms with E-state index in [1.54, 1.807) is 24.3 Å². The van der Waals surface area contributed by atoms with Crippen LogP contribution in [-0.4, -0.2) is 40.2 Å². The van der Waals surface area contributed by atoms with Gasteiger partial charge in [0.2, 0.25) is 0 Å². The first-order chi connectivity index (χ1) is 14.2. The van der Waals surface area contributed by atoms with Crippen LogP contribution < -0.4 is 10.6 Å². The zero-order valence-electron chi connectivity index (χ0n) is 17.9. The molecule has 0 bridgehead atoms. The molecular formula is C22H28N4O4. The van der Waals surface area contributed by atoms with Crippen molar-refractivity contribution < 1.29 is 19.1 Å². The monoisotopic (exact) mass is 412 g/mol. The fraction of sp³-hybridized carbons (Fsp3) is 0.455. The zero-order valence-corrected chi connectivity index (χ0v) is 17.9. The highest BCUT2D eigenvalue weighted by Crippen LogP contribution is 2.23. The van der Waals surface area contributed by atoms with E-state index in [0.717, 1.165) is 31.5 Å². The molecule has 8 heteroatoms. The van der Waals surface area contributed by atoms with Crippen LogP contribution in [0.1, 0.15) is 76.1 Å². The smallest absolute Gasteiger partial charge is 0.341 e. The average molecular weight is 412 g/mol. The summed E-state index contributed by atoms with van der Waals surface area (Å²) in [6.07, 6.45) is 2.73. The Hall–Kier alpha value is -3.16. The lowest BCUT2D eigenvalue weighted by molar-refractivity contribution is 0.0596. The minimum absolute atomic E-state index is 0.0679. The summed E-state index contributed by atoms with van der Waals surface area (Å²) in [5, 5.41) is 10.2. The normalized spacial score (nSPS) is 13.3. The zero-order chi connectivity index (χ0) is 21.9. The number of aromatic nitrogens is 2. The molecule has 30 heavy (non-hydrogen) atoms. The Morgan fingerprint density at radius 1 is 1.10 bits per heavy atom. The Kier molecular flexibility index (Phi) is 6.24. The molecular weight excluding hydrogens is 384 g/mol. The van der Waals surface area contributed by atoms with Gasteiger partial charge in [-0.05, 0) is 52.2 Å². The van der Waals surface area contributed by atoms with Crippen LogP contribution in [0.2, 0.25) is 0 Å². The molecule has 1 aliphatic heterocycles. The number of benzene rings is 1. The van der Waals surface area contributed by atoms with Gasteiger partial charge in [-0.25, -0.2) is 4.79 Å². The number of hydrogen-bond donors (Lipinski definition) is 2. The first kappa shape index (κ1) is 21.5. The van der Waals surface area contributed by atoms with Crippen LogP contribution in [0.4, 0.5) is 0 Å². The van der Waals surface area contributed by atoms with Crippen molar-refractivity contribution in [3.05, 3.63) is 52.3 Å². The van der Waals surface area contributed by atoms with E-state index in [1.807, 2.05) is 25.5 Å². The van der Waals surface area contributed by atoms with Crippen molar-refractivity contribution in [2.24, 2.45) is 0 Å². The van der Waals surface area contributed by atoms with Crippen LogP contribution in [0.15, 0.2) is 24.3 Å². The molecule has 0 aliphatic carbocycles. The number of ether oxygens (including phenoxy) is 1. The number of nitrogens with zero attached hydrogens (tertiary/aromatic N) is 2. The molecule has 0 unspecified atom stereocenters. The van der Waals surface area contributed by atoms with Gasteiger partial charge in [-0.2, -0.15) is 5.10 Å². The number of carbonyl (C=O) groups is 3. The van der Waals surface area contributed by atoms with Crippen molar-refractivity contribution in [2.75, 3.05) is 7.11 Å². The number of aryl methyl sites for hydroxylation is 1. The van der Waals surface area contributed by atoms with Gasteiger partial charge in [0, 0.05) is 12.1 Å². The number of hydrogen-bond acceptors (Lipinski definition) is 5. The number of rotatable bonds is 5. The summed E-state index contributed by atoms with van der Waals surface area (Å²) in [6, 6.07) is 6.64.